The largest absolute Gasteiger partial charge is 0.451 e. The smallest absolute Gasteiger partial charge is 0.289 e. The highest BCUT2D eigenvalue weighted by atomic mass is 16.3. The van der Waals surface area contributed by atoms with Crippen LogP contribution in [0.2, 0.25) is 0 Å². The minimum atomic E-state index is -0.255. The number of para-hydroxylation sites is 1. The van der Waals surface area contributed by atoms with Gasteiger partial charge in [0.2, 0.25) is 0 Å². The van der Waals surface area contributed by atoms with Crippen LogP contribution in [-0.4, -0.2) is 47.0 Å². The zero-order valence-electron chi connectivity index (χ0n) is 16.9. The molecule has 3 aromatic rings. The van der Waals surface area contributed by atoms with Crippen molar-refractivity contribution >= 4 is 22.7 Å². The number of hydrogen-bond acceptors (Lipinski definition) is 6. The molecule has 3 heterocycles. The second kappa shape index (κ2) is 7.66. The summed E-state index contributed by atoms with van der Waals surface area (Å²) < 4.78 is 5.70. The van der Waals surface area contributed by atoms with Gasteiger partial charge in [0, 0.05) is 49.9 Å². The molecule has 2 aromatic heterocycles. The van der Waals surface area contributed by atoms with Crippen LogP contribution in [0.1, 0.15) is 41.8 Å². The maximum atomic E-state index is 12.9. The fourth-order valence-electron chi connectivity index (χ4n) is 3.50. The van der Waals surface area contributed by atoms with Crippen LogP contribution in [-0.2, 0) is 0 Å². The highest BCUT2D eigenvalue weighted by molar-refractivity contribution is 5.93. The summed E-state index contributed by atoms with van der Waals surface area (Å²) in [5.41, 5.74) is 1.17. The van der Waals surface area contributed by atoms with Gasteiger partial charge in [-0.1, -0.05) is 26.0 Å². The Morgan fingerprint density at radius 3 is 2.52 bits per heavy atom. The normalized spacial score (nSPS) is 14.6. The minimum absolute atomic E-state index is 0.0853. The van der Waals surface area contributed by atoms with Crippen LogP contribution in [0, 0.1) is 6.92 Å². The second-order valence-corrected chi connectivity index (χ2v) is 7.63. The van der Waals surface area contributed by atoms with Gasteiger partial charge >= 0.3 is 0 Å². The first-order valence-electron chi connectivity index (χ1n) is 9.85. The van der Waals surface area contributed by atoms with Crippen LogP contribution in [0.5, 0.6) is 0 Å². The number of carbonyl (C=O) groups is 1. The Morgan fingerprint density at radius 2 is 1.79 bits per heavy atom. The third kappa shape index (κ3) is 3.85. The van der Waals surface area contributed by atoms with Gasteiger partial charge in [-0.3, -0.25) is 9.59 Å². The van der Waals surface area contributed by atoms with Crippen molar-refractivity contribution < 1.29 is 9.21 Å². The fourth-order valence-corrected chi connectivity index (χ4v) is 3.50. The van der Waals surface area contributed by atoms with Crippen molar-refractivity contribution in [2.24, 2.45) is 0 Å². The number of anilines is 1. The molecular weight excluding hydrogens is 368 g/mol. The van der Waals surface area contributed by atoms with E-state index in [1.165, 1.54) is 6.07 Å². The molecule has 7 nitrogen and oxygen atoms in total. The number of aryl methyl sites for hydroxylation is 1. The molecule has 0 radical (unpaired) electrons. The van der Waals surface area contributed by atoms with E-state index in [2.05, 4.69) is 28.7 Å². The molecule has 0 atom stereocenters. The summed E-state index contributed by atoms with van der Waals surface area (Å²) in [5, 5.41) is 0.481. The maximum absolute atomic E-state index is 12.9. The Labute approximate surface area is 169 Å². The lowest BCUT2D eigenvalue weighted by Gasteiger charge is -2.35. The Hall–Kier alpha value is -3.22. The lowest BCUT2D eigenvalue weighted by molar-refractivity contribution is 0.0715. The van der Waals surface area contributed by atoms with Crippen molar-refractivity contribution in [3.8, 4) is 0 Å². The molecule has 1 saturated heterocycles. The highest BCUT2D eigenvalue weighted by Crippen LogP contribution is 2.20. The first-order chi connectivity index (χ1) is 13.9. The molecule has 29 heavy (non-hydrogen) atoms. The average Bonchev–Trinajstić information content (AvgIpc) is 2.73. The van der Waals surface area contributed by atoms with E-state index in [-0.39, 0.29) is 23.0 Å². The van der Waals surface area contributed by atoms with E-state index in [4.69, 9.17) is 4.42 Å². The van der Waals surface area contributed by atoms with Gasteiger partial charge in [-0.05, 0) is 19.1 Å². The summed E-state index contributed by atoms with van der Waals surface area (Å²) in [6, 6.07) is 10.2. The summed E-state index contributed by atoms with van der Waals surface area (Å²) in [6.45, 7) is 8.53. The number of piperazine rings is 1. The quantitative estimate of drug-likeness (QED) is 0.682. The molecule has 7 heteroatoms. The standard InChI is InChI=1S/C22H24N4O3/c1-14(2)21-23-15(3)12-20(24-21)25-8-10-26(11-9-25)22(28)19-13-17(27)16-6-4-5-7-18(16)29-19/h4-7,12-14H,8-11H2,1-3H3. The van der Waals surface area contributed by atoms with Crippen molar-refractivity contribution in [1.29, 1.82) is 0 Å². The van der Waals surface area contributed by atoms with Crippen molar-refractivity contribution in [1.82, 2.24) is 14.9 Å². The fraction of sp³-hybridized carbons (Fsp3) is 0.364. The molecule has 1 aromatic carbocycles. The van der Waals surface area contributed by atoms with Crippen LogP contribution in [0.25, 0.3) is 11.0 Å². The number of amides is 1. The van der Waals surface area contributed by atoms with Crippen LogP contribution in [0.15, 0.2) is 45.6 Å². The molecule has 0 bridgehead atoms. The molecule has 4 rings (SSSR count). The molecule has 1 aliphatic rings. The van der Waals surface area contributed by atoms with Gasteiger partial charge in [-0.2, -0.15) is 0 Å². The topological polar surface area (TPSA) is 79.5 Å². The molecule has 1 amide bonds. The van der Waals surface area contributed by atoms with Gasteiger partial charge in [-0.25, -0.2) is 9.97 Å². The molecular formula is C22H24N4O3. The Bertz CT molecular complexity index is 1110. The van der Waals surface area contributed by atoms with Gasteiger partial charge in [0.25, 0.3) is 5.91 Å². The molecule has 0 saturated carbocycles. The average molecular weight is 392 g/mol. The van der Waals surface area contributed by atoms with Crippen LogP contribution in [0.4, 0.5) is 5.82 Å². The van der Waals surface area contributed by atoms with E-state index >= 15 is 0 Å². The van der Waals surface area contributed by atoms with E-state index in [1.807, 2.05) is 13.0 Å². The van der Waals surface area contributed by atoms with Crippen LogP contribution < -0.4 is 10.3 Å². The van der Waals surface area contributed by atoms with Crippen molar-refractivity contribution in [2.45, 2.75) is 26.7 Å². The number of rotatable bonds is 3. The van der Waals surface area contributed by atoms with Crippen LogP contribution >= 0.6 is 0 Å². The molecule has 1 fully saturated rings. The monoisotopic (exact) mass is 392 g/mol. The highest BCUT2D eigenvalue weighted by Gasteiger charge is 2.25. The summed E-state index contributed by atoms with van der Waals surface area (Å²) >= 11 is 0. The lowest BCUT2D eigenvalue weighted by Crippen LogP contribution is -2.49. The van der Waals surface area contributed by atoms with Crippen molar-refractivity contribution in [3.63, 3.8) is 0 Å². The summed E-state index contributed by atoms with van der Waals surface area (Å²) in [5.74, 6) is 1.81. The number of aromatic nitrogens is 2. The number of fused-ring (bicyclic) bond motifs is 1. The summed E-state index contributed by atoms with van der Waals surface area (Å²) in [7, 11) is 0. The van der Waals surface area contributed by atoms with E-state index in [1.54, 1.807) is 29.2 Å². The zero-order chi connectivity index (χ0) is 20.5. The Morgan fingerprint density at radius 1 is 1.07 bits per heavy atom. The SMILES string of the molecule is Cc1cc(N2CCN(C(=O)c3cc(=O)c4ccccc4o3)CC2)nc(C(C)C)n1. The Kier molecular flexibility index (Phi) is 5.05. The van der Waals surface area contributed by atoms with E-state index < -0.39 is 0 Å². The van der Waals surface area contributed by atoms with E-state index in [0.717, 1.165) is 17.3 Å². The Balaban J connectivity index is 1.50. The molecule has 0 spiro atoms. The zero-order valence-corrected chi connectivity index (χ0v) is 16.9. The van der Waals surface area contributed by atoms with Gasteiger partial charge < -0.3 is 14.2 Å². The summed E-state index contributed by atoms with van der Waals surface area (Å²) in [4.78, 5) is 38.2. The second-order valence-electron chi connectivity index (χ2n) is 7.63. The third-order valence-corrected chi connectivity index (χ3v) is 5.11. The predicted molar refractivity (Wildman–Crippen MR) is 111 cm³/mol. The number of carbonyl (C=O) groups excluding carboxylic acids is 1. The molecule has 1 aliphatic heterocycles. The molecule has 150 valence electrons. The minimum Gasteiger partial charge on any atom is -0.451 e. The van der Waals surface area contributed by atoms with Crippen molar-refractivity contribution in [3.05, 3.63) is 63.9 Å². The first-order valence-corrected chi connectivity index (χ1v) is 9.85. The predicted octanol–water partition coefficient (Wildman–Crippen LogP) is 2.98. The number of hydrogen-bond donors (Lipinski definition) is 0. The molecule has 0 unspecified atom stereocenters. The van der Waals surface area contributed by atoms with Crippen molar-refractivity contribution in [2.75, 3.05) is 31.1 Å². The van der Waals surface area contributed by atoms with Gasteiger partial charge in [0.05, 0.1) is 5.39 Å². The number of nitrogens with zero attached hydrogens (tertiary/aromatic N) is 4. The number of benzene rings is 1. The first kappa shape index (κ1) is 19.1. The third-order valence-electron chi connectivity index (χ3n) is 5.11. The van der Waals surface area contributed by atoms with Gasteiger partial charge in [0.1, 0.15) is 17.2 Å². The summed E-state index contributed by atoms with van der Waals surface area (Å²) in [6.07, 6.45) is 0. The van der Waals surface area contributed by atoms with Gasteiger partial charge in [0.15, 0.2) is 11.2 Å². The van der Waals surface area contributed by atoms with E-state index in [0.29, 0.717) is 37.1 Å². The van der Waals surface area contributed by atoms with E-state index in [9.17, 15) is 9.59 Å². The molecule has 0 N–H and O–H groups in total. The molecule has 0 aliphatic carbocycles. The van der Waals surface area contributed by atoms with Crippen LogP contribution in [0.3, 0.4) is 0 Å². The van der Waals surface area contributed by atoms with Gasteiger partial charge in [-0.15, -0.1) is 0 Å². The lowest BCUT2D eigenvalue weighted by atomic mass is 10.2. The maximum Gasteiger partial charge on any atom is 0.289 e.